The van der Waals surface area contributed by atoms with Crippen LogP contribution in [-0.4, -0.2) is 62.0 Å². The molecule has 0 saturated carbocycles. The summed E-state index contributed by atoms with van der Waals surface area (Å²) in [7, 11) is 1.49. The van der Waals surface area contributed by atoms with Crippen LogP contribution in [0.25, 0.3) is 0 Å². The first-order valence-electron chi connectivity index (χ1n) is 9.93. The molecular weight excluding hydrogens is 394 g/mol. The van der Waals surface area contributed by atoms with Crippen LogP contribution in [-0.2, 0) is 14.3 Å². The fourth-order valence-electron chi connectivity index (χ4n) is 3.37. The van der Waals surface area contributed by atoms with Gasteiger partial charge in [-0.2, -0.15) is 0 Å². The largest absolute Gasteiger partial charge is 0.375 e. The molecule has 0 bridgehead atoms. The highest BCUT2D eigenvalue weighted by Crippen LogP contribution is 2.23. The van der Waals surface area contributed by atoms with Crippen molar-refractivity contribution in [2.45, 2.75) is 32.7 Å². The van der Waals surface area contributed by atoms with Crippen molar-refractivity contribution in [1.29, 1.82) is 0 Å². The molecule has 2 N–H and O–H groups in total. The number of ether oxygens (including phenoxy) is 1. The van der Waals surface area contributed by atoms with Crippen LogP contribution in [0, 0.1) is 11.8 Å². The number of halogens is 1. The van der Waals surface area contributed by atoms with E-state index in [1.807, 2.05) is 13.8 Å². The molecule has 0 unspecified atom stereocenters. The van der Waals surface area contributed by atoms with Gasteiger partial charge in [-0.05, 0) is 36.8 Å². The minimum Gasteiger partial charge on any atom is -0.375 e. The summed E-state index contributed by atoms with van der Waals surface area (Å²) in [5.74, 6) is -0.418. The molecule has 7 nitrogen and oxygen atoms in total. The summed E-state index contributed by atoms with van der Waals surface area (Å²) in [6.07, 6.45) is 1.25. The van der Waals surface area contributed by atoms with E-state index in [1.165, 1.54) is 7.11 Å². The lowest BCUT2D eigenvalue weighted by molar-refractivity contribution is -0.136. The van der Waals surface area contributed by atoms with Crippen LogP contribution in [0.4, 0.5) is 0 Å². The third-order valence-electron chi connectivity index (χ3n) is 5.00. The third kappa shape index (κ3) is 6.72. The zero-order chi connectivity index (χ0) is 21.4. The van der Waals surface area contributed by atoms with E-state index in [0.29, 0.717) is 49.0 Å². The molecule has 0 spiro atoms. The highest BCUT2D eigenvalue weighted by molar-refractivity contribution is 6.33. The van der Waals surface area contributed by atoms with Crippen LogP contribution in [0.1, 0.15) is 37.0 Å². The van der Waals surface area contributed by atoms with Gasteiger partial charge in [0, 0.05) is 26.7 Å². The molecule has 1 aromatic rings. The molecule has 0 radical (unpaired) electrons. The molecular formula is C21H30ClN3O4. The minimum absolute atomic E-state index is 0.0478. The Hall–Kier alpha value is -2.12. The molecule has 0 aromatic heterocycles. The van der Waals surface area contributed by atoms with Crippen LogP contribution in [0.5, 0.6) is 0 Å². The van der Waals surface area contributed by atoms with Crippen molar-refractivity contribution in [3.8, 4) is 0 Å². The van der Waals surface area contributed by atoms with E-state index < -0.39 is 6.04 Å². The van der Waals surface area contributed by atoms with E-state index in [1.54, 1.807) is 29.2 Å². The smallest absolute Gasteiger partial charge is 0.253 e. The highest BCUT2D eigenvalue weighted by atomic mass is 35.5. The van der Waals surface area contributed by atoms with E-state index in [0.717, 1.165) is 0 Å². The first-order valence-corrected chi connectivity index (χ1v) is 10.3. The zero-order valence-electron chi connectivity index (χ0n) is 17.2. The van der Waals surface area contributed by atoms with E-state index in [9.17, 15) is 14.4 Å². The number of amides is 3. The van der Waals surface area contributed by atoms with Crippen LogP contribution in [0.2, 0.25) is 5.02 Å². The van der Waals surface area contributed by atoms with Crippen LogP contribution < -0.4 is 10.6 Å². The zero-order valence-corrected chi connectivity index (χ0v) is 18.0. The molecule has 3 amide bonds. The van der Waals surface area contributed by atoms with Gasteiger partial charge in [-0.15, -0.1) is 0 Å². The van der Waals surface area contributed by atoms with E-state index in [-0.39, 0.29) is 30.2 Å². The van der Waals surface area contributed by atoms with Gasteiger partial charge >= 0.3 is 0 Å². The monoisotopic (exact) mass is 423 g/mol. The second-order valence-electron chi connectivity index (χ2n) is 7.72. The van der Waals surface area contributed by atoms with Crippen LogP contribution >= 0.6 is 11.6 Å². The Kier molecular flexibility index (Phi) is 8.92. The third-order valence-corrected chi connectivity index (χ3v) is 5.33. The Bertz CT molecular complexity index is 718. The fraction of sp³-hybridized carbons (Fsp3) is 0.571. The first-order chi connectivity index (χ1) is 13.8. The van der Waals surface area contributed by atoms with Gasteiger partial charge in [-0.1, -0.05) is 37.6 Å². The van der Waals surface area contributed by atoms with Crippen molar-refractivity contribution in [1.82, 2.24) is 15.5 Å². The minimum atomic E-state index is -0.683. The van der Waals surface area contributed by atoms with E-state index >= 15 is 0 Å². The second-order valence-corrected chi connectivity index (χ2v) is 8.13. The number of hydrogen-bond acceptors (Lipinski definition) is 4. The molecule has 29 heavy (non-hydrogen) atoms. The summed E-state index contributed by atoms with van der Waals surface area (Å²) in [6.45, 7) is 5.66. The lowest BCUT2D eigenvalue weighted by atomic mass is 9.88. The number of likely N-dealkylation sites (tertiary alicyclic amines) is 1. The lowest BCUT2D eigenvalue weighted by Gasteiger charge is -2.35. The molecule has 1 aliphatic rings. The number of nitrogens with zero attached hydrogens (tertiary/aromatic N) is 1. The summed E-state index contributed by atoms with van der Waals surface area (Å²) in [5.41, 5.74) is 0.337. The number of hydrogen-bond donors (Lipinski definition) is 2. The van der Waals surface area contributed by atoms with Gasteiger partial charge < -0.3 is 20.3 Å². The fourth-order valence-corrected chi connectivity index (χ4v) is 3.59. The number of nitrogens with one attached hydrogen (secondary N) is 2. The quantitative estimate of drug-likeness (QED) is 0.670. The number of carbonyl (C=O) groups excluding carboxylic acids is 3. The molecule has 1 fully saturated rings. The predicted molar refractivity (Wildman–Crippen MR) is 112 cm³/mol. The van der Waals surface area contributed by atoms with Crippen molar-refractivity contribution < 1.29 is 19.1 Å². The summed E-state index contributed by atoms with van der Waals surface area (Å²) in [6, 6.07) is 6.07. The molecule has 1 aromatic carbocycles. The van der Waals surface area contributed by atoms with Gasteiger partial charge in [-0.3, -0.25) is 14.4 Å². The molecule has 1 heterocycles. The Balaban J connectivity index is 2.09. The van der Waals surface area contributed by atoms with Crippen molar-refractivity contribution in [3.63, 3.8) is 0 Å². The number of methoxy groups -OCH3 is 1. The van der Waals surface area contributed by atoms with Gasteiger partial charge in [-0.25, -0.2) is 0 Å². The molecule has 1 atom stereocenters. The summed E-state index contributed by atoms with van der Waals surface area (Å²) >= 11 is 6.14. The maximum Gasteiger partial charge on any atom is 0.253 e. The number of rotatable bonds is 8. The van der Waals surface area contributed by atoms with Gasteiger partial charge in [0.25, 0.3) is 5.91 Å². The maximum atomic E-state index is 12.9. The Labute approximate surface area is 177 Å². The maximum absolute atomic E-state index is 12.9. The number of benzene rings is 1. The average Bonchev–Trinajstić information content (AvgIpc) is 2.70. The number of piperidine rings is 1. The van der Waals surface area contributed by atoms with Crippen molar-refractivity contribution in [3.05, 3.63) is 34.9 Å². The van der Waals surface area contributed by atoms with Gasteiger partial charge in [0.05, 0.1) is 10.6 Å². The highest BCUT2D eigenvalue weighted by Gasteiger charge is 2.34. The molecule has 2 rings (SSSR count). The molecule has 1 aliphatic heterocycles. The summed E-state index contributed by atoms with van der Waals surface area (Å²) < 4.78 is 4.91. The second kappa shape index (κ2) is 11.2. The Morgan fingerprint density at radius 3 is 2.45 bits per heavy atom. The Morgan fingerprint density at radius 2 is 1.86 bits per heavy atom. The summed E-state index contributed by atoms with van der Waals surface area (Å²) in [4.78, 5) is 39.4. The first kappa shape index (κ1) is 23.2. The average molecular weight is 424 g/mol. The summed E-state index contributed by atoms with van der Waals surface area (Å²) in [5, 5.41) is 6.13. The van der Waals surface area contributed by atoms with Gasteiger partial charge in [0.2, 0.25) is 11.8 Å². The van der Waals surface area contributed by atoms with Crippen LogP contribution in [0.3, 0.4) is 0 Å². The van der Waals surface area contributed by atoms with Crippen molar-refractivity contribution in [2.75, 3.05) is 33.4 Å². The van der Waals surface area contributed by atoms with E-state index in [2.05, 4.69) is 10.6 Å². The number of carbonyl (C=O) groups is 3. The Morgan fingerprint density at radius 1 is 1.21 bits per heavy atom. The van der Waals surface area contributed by atoms with Crippen molar-refractivity contribution >= 4 is 29.3 Å². The predicted octanol–water partition coefficient (Wildman–Crippen LogP) is 2.10. The SMILES string of the molecule is COCC(=O)N1CCC([C@H](NC(=O)c2ccccc2Cl)C(=O)NCC(C)C)CC1. The van der Waals surface area contributed by atoms with Crippen molar-refractivity contribution in [2.24, 2.45) is 11.8 Å². The van der Waals surface area contributed by atoms with Gasteiger partial charge in [0.15, 0.2) is 0 Å². The lowest BCUT2D eigenvalue weighted by Crippen LogP contribution is -2.54. The standard InChI is InChI=1S/C21H30ClN3O4/c1-14(2)12-23-21(28)19(24-20(27)16-6-4-5-7-17(16)22)15-8-10-25(11-9-15)18(26)13-29-3/h4-7,14-15,19H,8-13H2,1-3H3,(H,23,28)(H,24,27)/t19-/m0/s1. The molecule has 160 valence electrons. The molecule has 0 aliphatic carbocycles. The molecule has 8 heteroatoms. The van der Waals surface area contributed by atoms with E-state index in [4.69, 9.17) is 16.3 Å². The van der Waals surface area contributed by atoms with Gasteiger partial charge in [0.1, 0.15) is 12.6 Å². The van der Waals surface area contributed by atoms with Crippen LogP contribution in [0.15, 0.2) is 24.3 Å². The topological polar surface area (TPSA) is 87.7 Å². The normalized spacial score (nSPS) is 15.8. The molecule has 1 saturated heterocycles.